The van der Waals surface area contributed by atoms with Gasteiger partial charge in [0.2, 0.25) is 0 Å². The Balaban J connectivity index is 1.11. The van der Waals surface area contributed by atoms with Gasteiger partial charge in [-0.15, -0.1) is 0 Å². The number of rotatable bonds is 4. The number of hydrogen-bond donors (Lipinski definition) is 0. The molecule has 0 spiro atoms. The van der Waals surface area contributed by atoms with Gasteiger partial charge in [0.1, 0.15) is 11.2 Å². The van der Waals surface area contributed by atoms with Gasteiger partial charge >= 0.3 is 0 Å². The van der Waals surface area contributed by atoms with Crippen molar-refractivity contribution in [3.05, 3.63) is 186 Å². The Labute approximate surface area is 410 Å². The van der Waals surface area contributed by atoms with E-state index in [1.807, 2.05) is 0 Å². The highest BCUT2D eigenvalue weighted by molar-refractivity contribution is 7.00. The van der Waals surface area contributed by atoms with E-state index in [0.717, 1.165) is 22.2 Å². The fourth-order valence-corrected chi connectivity index (χ4v) is 10.9. The van der Waals surface area contributed by atoms with Crippen molar-refractivity contribution in [1.29, 1.82) is 0 Å². The summed E-state index contributed by atoms with van der Waals surface area (Å²) in [6, 6.07) is 60.4. The molecule has 0 amide bonds. The van der Waals surface area contributed by atoms with Gasteiger partial charge in [0.15, 0.2) is 0 Å². The summed E-state index contributed by atoms with van der Waals surface area (Å²) < 4.78 is 6.37. The first-order valence-corrected chi connectivity index (χ1v) is 24.9. The lowest BCUT2D eigenvalue weighted by Crippen LogP contribution is -2.61. The summed E-state index contributed by atoms with van der Waals surface area (Å²) in [4.78, 5) is 5.09. The van der Waals surface area contributed by atoms with E-state index in [9.17, 15) is 0 Å². The Kier molecular flexibility index (Phi) is 10.1. The van der Waals surface area contributed by atoms with Gasteiger partial charge in [0, 0.05) is 44.9 Å². The maximum Gasteiger partial charge on any atom is 0.252 e. The van der Waals surface area contributed by atoms with Crippen LogP contribution in [0.2, 0.25) is 0 Å². The minimum Gasteiger partial charge on any atom is -0.456 e. The molecule has 0 radical (unpaired) electrons. The third-order valence-corrected chi connectivity index (χ3v) is 14.9. The maximum atomic E-state index is 6.37. The van der Waals surface area contributed by atoms with Crippen molar-refractivity contribution in [2.24, 2.45) is 0 Å². The number of hydrogen-bond acceptors (Lipinski definition) is 3. The third-order valence-electron chi connectivity index (χ3n) is 14.9. The number of aryl methyl sites for hydroxylation is 1. The summed E-state index contributed by atoms with van der Waals surface area (Å²) in [5, 5.41) is 2.32. The molecule has 11 rings (SSSR count). The molecular formula is C65H65BN2O. The third kappa shape index (κ3) is 7.68. The van der Waals surface area contributed by atoms with E-state index in [2.05, 4.69) is 258 Å². The van der Waals surface area contributed by atoms with E-state index >= 15 is 0 Å². The predicted octanol–water partition coefficient (Wildman–Crippen LogP) is 16.5. The highest BCUT2D eigenvalue weighted by Crippen LogP contribution is 2.47. The molecule has 0 unspecified atom stereocenters. The molecule has 69 heavy (non-hydrogen) atoms. The Morgan fingerprint density at radius 3 is 1.38 bits per heavy atom. The minimum absolute atomic E-state index is 0.0220. The number of anilines is 6. The van der Waals surface area contributed by atoms with Crippen molar-refractivity contribution in [2.45, 2.75) is 112 Å². The summed E-state index contributed by atoms with van der Waals surface area (Å²) in [5.74, 6) is 0. The van der Waals surface area contributed by atoms with E-state index in [4.69, 9.17) is 4.42 Å². The van der Waals surface area contributed by atoms with Crippen LogP contribution in [-0.4, -0.2) is 6.71 Å². The lowest BCUT2D eigenvalue weighted by atomic mass is 9.33. The van der Waals surface area contributed by atoms with Crippen LogP contribution in [0.5, 0.6) is 0 Å². The van der Waals surface area contributed by atoms with Gasteiger partial charge in [-0.05, 0) is 174 Å². The van der Waals surface area contributed by atoms with Crippen molar-refractivity contribution < 1.29 is 4.42 Å². The second-order valence-corrected chi connectivity index (χ2v) is 24.1. The molecule has 2 aliphatic heterocycles. The quantitative estimate of drug-likeness (QED) is 0.164. The standard InChI is InChI=1S/C65H65BN2O/c1-40-33-57-61-58(34-40)68(50-27-21-46(22-28-50)63(5,6)7)56-37-44(42-16-14-15-41(35-42)43-18-31-59-51(36-43)52-38-47(64(8,9)10)24-32-60(52)69-59)17-29-53(56)66(61)54-39-48(65(11,12)13)23-30-55(54)67(57)49-25-19-45(20-26-49)62(2,3)4/h14-39H,1-13H3. The molecular weight excluding hydrogens is 836 g/mol. The number of furan rings is 1. The lowest BCUT2D eigenvalue weighted by Gasteiger charge is -2.45. The van der Waals surface area contributed by atoms with Crippen molar-refractivity contribution in [2.75, 3.05) is 9.80 Å². The Morgan fingerprint density at radius 1 is 0.362 bits per heavy atom. The van der Waals surface area contributed by atoms with Gasteiger partial charge in [-0.25, -0.2) is 0 Å². The summed E-state index contributed by atoms with van der Waals surface area (Å²) in [7, 11) is 0. The molecule has 0 N–H and O–H groups in total. The Bertz CT molecular complexity index is 3490. The molecule has 344 valence electrons. The van der Waals surface area contributed by atoms with Gasteiger partial charge in [0.25, 0.3) is 6.71 Å². The first-order valence-electron chi connectivity index (χ1n) is 24.9. The molecule has 1 aromatic heterocycles. The smallest absolute Gasteiger partial charge is 0.252 e. The fraction of sp³-hybridized carbons (Fsp3) is 0.262. The molecule has 0 atom stereocenters. The molecule has 0 bridgehead atoms. The molecule has 0 saturated heterocycles. The van der Waals surface area contributed by atoms with Gasteiger partial charge in [-0.1, -0.05) is 162 Å². The van der Waals surface area contributed by atoms with E-state index in [0.29, 0.717) is 0 Å². The number of fused-ring (bicyclic) bond motifs is 7. The molecule has 2 aliphatic rings. The van der Waals surface area contributed by atoms with Crippen LogP contribution < -0.4 is 26.2 Å². The molecule has 3 heterocycles. The highest BCUT2D eigenvalue weighted by Gasteiger charge is 2.44. The molecule has 4 heteroatoms. The zero-order valence-electron chi connectivity index (χ0n) is 42.9. The first kappa shape index (κ1) is 44.7. The van der Waals surface area contributed by atoms with Crippen molar-refractivity contribution >= 4 is 79.2 Å². The number of benzene rings is 8. The molecule has 0 aliphatic carbocycles. The zero-order chi connectivity index (χ0) is 48.5. The Hall–Kier alpha value is -6.78. The summed E-state index contributed by atoms with van der Waals surface area (Å²) in [6.07, 6.45) is 0. The molecule has 0 fully saturated rings. The fourth-order valence-electron chi connectivity index (χ4n) is 10.9. The predicted molar refractivity (Wildman–Crippen MR) is 298 cm³/mol. The van der Waals surface area contributed by atoms with E-state index < -0.39 is 0 Å². The van der Waals surface area contributed by atoms with Crippen LogP contribution in [0, 0.1) is 6.92 Å². The van der Waals surface area contributed by atoms with Crippen LogP contribution in [0.25, 0.3) is 44.2 Å². The highest BCUT2D eigenvalue weighted by atomic mass is 16.3. The van der Waals surface area contributed by atoms with Gasteiger partial charge < -0.3 is 14.2 Å². The van der Waals surface area contributed by atoms with Crippen molar-refractivity contribution in [3.8, 4) is 22.3 Å². The van der Waals surface area contributed by atoms with Crippen LogP contribution >= 0.6 is 0 Å². The second kappa shape index (κ2) is 15.6. The molecule has 0 saturated carbocycles. The van der Waals surface area contributed by atoms with E-state index in [-0.39, 0.29) is 28.4 Å². The largest absolute Gasteiger partial charge is 0.456 e. The maximum absolute atomic E-state index is 6.37. The summed E-state index contributed by atoms with van der Waals surface area (Å²) in [5.41, 5.74) is 24.5. The topological polar surface area (TPSA) is 19.6 Å². The molecule has 9 aromatic rings. The average molecular weight is 901 g/mol. The van der Waals surface area contributed by atoms with Crippen LogP contribution in [0.15, 0.2) is 162 Å². The molecule has 8 aromatic carbocycles. The van der Waals surface area contributed by atoms with Crippen LogP contribution in [0.1, 0.15) is 111 Å². The SMILES string of the molecule is Cc1cc2c3c(c1)N(c1ccc(C(C)(C)C)cc1)c1cc(-c4cccc(-c5ccc6oc7ccc(C(C)(C)C)cc7c6c5)c4)ccc1B3c1cc(C(C)(C)C)ccc1N2c1ccc(C(C)(C)C)cc1. The van der Waals surface area contributed by atoms with Gasteiger partial charge in [-0.2, -0.15) is 0 Å². The van der Waals surface area contributed by atoms with Crippen molar-refractivity contribution in [1.82, 2.24) is 0 Å². The van der Waals surface area contributed by atoms with Gasteiger partial charge in [-0.3, -0.25) is 0 Å². The van der Waals surface area contributed by atoms with Crippen molar-refractivity contribution in [3.63, 3.8) is 0 Å². The normalized spacial score (nSPS) is 13.8. The van der Waals surface area contributed by atoms with Crippen LogP contribution in [0.4, 0.5) is 34.1 Å². The summed E-state index contributed by atoms with van der Waals surface area (Å²) >= 11 is 0. The van der Waals surface area contributed by atoms with Gasteiger partial charge in [0.05, 0.1) is 0 Å². The number of nitrogens with zero attached hydrogens (tertiary/aromatic N) is 2. The monoisotopic (exact) mass is 901 g/mol. The second-order valence-electron chi connectivity index (χ2n) is 24.1. The minimum atomic E-state index is -0.0254. The zero-order valence-corrected chi connectivity index (χ0v) is 42.9. The lowest BCUT2D eigenvalue weighted by molar-refractivity contribution is 0.590. The molecule has 3 nitrogen and oxygen atoms in total. The van der Waals surface area contributed by atoms with E-state index in [1.165, 1.54) is 100 Å². The first-order chi connectivity index (χ1) is 32.6. The van der Waals surface area contributed by atoms with E-state index in [1.54, 1.807) is 0 Å². The average Bonchev–Trinajstić information content (AvgIpc) is 3.67. The van der Waals surface area contributed by atoms with Crippen LogP contribution in [-0.2, 0) is 21.7 Å². The van der Waals surface area contributed by atoms with Crippen LogP contribution in [0.3, 0.4) is 0 Å². The summed E-state index contributed by atoms with van der Waals surface area (Å²) in [6.45, 7) is 29.9. The Morgan fingerprint density at radius 2 is 0.812 bits per heavy atom.